The minimum Gasteiger partial charge on any atom is -0.457 e. The maximum atomic E-state index is 13.2. The molecule has 1 aliphatic heterocycles. The smallest absolute Gasteiger partial charge is 0.417 e. The van der Waals surface area contributed by atoms with E-state index in [1.54, 1.807) is 12.1 Å². The Hall–Kier alpha value is -2.15. The fourth-order valence-electron chi connectivity index (χ4n) is 2.76. The van der Waals surface area contributed by atoms with Gasteiger partial charge in [0, 0.05) is 11.1 Å². The van der Waals surface area contributed by atoms with Gasteiger partial charge in [-0.05, 0) is 12.1 Å². The highest BCUT2D eigenvalue weighted by Gasteiger charge is 2.49. The lowest BCUT2D eigenvalue weighted by molar-refractivity contribution is -0.187. The molecule has 0 radical (unpaired) electrons. The molecule has 0 bridgehead atoms. The van der Waals surface area contributed by atoms with Crippen molar-refractivity contribution in [3.05, 3.63) is 59.7 Å². The quantitative estimate of drug-likeness (QED) is 0.565. The van der Waals surface area contributed by atoms with Crippen molar-refractivity contribution in [2.24, 2.45) is 0 Å². The number of fused-ring (bicyclic) bond motifs is 2. The van der Waals surface area contributed by atoms with Gasteiger partial charge in [-0.25, -0.2) is 0 Å². The fourth-order valence-corrected chi connectivity index (χ4v) is 5.11. The van der Waals surface area contributed by atoms with Crippen LogP contribution in [0.15, 0.2) is 48.5 Å². The van der Waals surface area contributed by atoms with E-state index >= 15 is 0 Å². The second-order valence-electron chi connectivity index (χ2n) is 5.93. The van der Waals surface area contributed by atoms with E-state index in [1.807, 2.05) is 0 Å². The van der Waals surface area contributed by atoms with Crippen LogP contribution in [0.3, 0.4) is 0 Å². The first kappa shape index (κ1) is 20.6. The summed E-state index contributed by atoms with van der Waals surface area (Å²) in [5.74, 6) is -1.74. The second-order valence-corrected chi connectivity index (χ2v) is 9.07. The van der Waals surface area contributed by atoms with Gasteiger partial charge in [0.1, 0.15) is 22.5 Å². The average Bonchev–Trinajstić information content (AvgIpc) is 2.56. The van der Waals surface area contributed by atoms with E-state index in [0.717, 1.165) is 0 Å². The number of ether oxygens (including phenoxy) is 1. The lowest BCUT2D eigenvalue weighted by Gasteiger charge is -2.29. The van der Waals surface area contributed by atoms with Crippen molar-refractivity contribution < 1.29 is 43.5 Å². The van der Waals surface area contributed by atoms with Gasteiger partial charge in [-0.2, -0.15) is 30.0 Å². The third kappa shape index (κ3) is 4.29. The Morgan fingerprint density at radius 3 is 1.86 bits per heavy atom. The molecule has 1 heterocycles. The van der Waals surface area contributed by atoms with Gasteiger partial charge in [0.15, 0.2) is 6.10 Å². The first-order valence-electron chi connectivity index (χ1n) is 7.68. The van der Waals surface area contributed by atoms with Gasteiger partial charge >= 0.3 is 6.18 Å². The summed E-state index contributed by atoms with van der Waals surface area (Å²) >= 11 is 0. The molecule has 152 valence electrons. The molecule has 0 aromatic heterocycles. The van der Waals surface area contributed by atoms with Crippen LogP contribution in [0.1, 0.15) is 16.4 Å². The lowest BCUT2D eigenvalue weighted by Crippen LogP contribution is -2.40. The molecule has 0 saturated carbocycles. The zero-order valence-corrected chi connectivity index (χ0v) is 15.5. The summed E-state index contributed by atoms with van der Waals surface area (Å²) in [5, 5.41) is -1.68. The number of halogens is 3. The summed E-state index contributed by atoms with van der Waals surface area (Å²) in [6, 6.07) is 11.6. The molecular weight excluding hydrogens is 425 g/mol. The predicted molar refractivity (Wildman–Crippen MR) is 91.1 cm³/mol. The Morgan fingerprint density at radius 2 is 1.43 bits per heavy atom. The first-order valence-corrected chi connectivity index (χ1v) is 10.8. The second kappa shape index (κ2) is 7.03. The van der Waals surface area contributed by atoms with Crippen LogP contribution >= 0.6 is 0 Å². The number of hydrogen-bond acceptors (Lipinski definition) is 6. The van der Waals surface area contributed by atoms with E-state index in [4.69, 9.17) is 9.29 Å². The largest absolute Gasteiger partial charge is 0.457 e. The van der Waals surface area contributed by atoms with Crippen LogP contribution in [0.2, 0.25) is 0 Å². The van der Waals surface area contributed by atoms with Crippen LogP contribution < -0.4 is 4.74 Å². The Bertz CT molecular complexity index is 1050. The molecule has 1 N–H and O–H groups in total. The number of para-hydroxylation sites is 2. The van der Waals surface area contributed by atoms with Crippen molar-refractivity contribution in [1.29, 1.82) is 0 Å². The topological polar surface area (TPSA) is 107 Å². The van der Waals surface area contributed by atoms with Gasteiger partial charge in [-0.3, -0.25) is 8.74 Å². The Labute approximate surface area is 158 Å². The predicted octanol–water partition coefficient (Wildman–Crippen LogP) is 3.05. The first-order chi connectivity index (χ1) is 12.9. The SMILES string of the molecule is O=S(=O)(O)CC(OS(=O)(=O)C1c2ccccc2Oc2ccccc21)C(F)(F)F. The summed E-state index contributed by atoms with van der Waals surface area (Å²) in [4.78, 5) is 0. The van der Waals surface area contributed by atoms with Crippen molar-refractivity contribution in [3.63, 3.8) is 0 Å². The van der Waals surface area contributed by atoms with E-state index in [1.165, 1.54) is 36.4 Å². The standard InChI is InChI=1S/C16H13F3O7S2/c17-16(18,19)14(9-27(20,21)22)26-28(23,24)15-10-5-1-3-7-12(10)25-13-8-4-2-6-11(13)15/h1-8,14-15H,9H2,(H,20,21,22). The third-order valence-corrected chi connectivity index (χ3v) is 6.20. The van der Waals surface area contributed by atoms with Crippen molar-refractivity contribution >= 4 is 20.2 Å². The molecule has 0 amide bonds. The van der Waals surface area contributed by atoms with E-state index in [0.29, 0.717) is 0 Å². The number of hydrogen-bond donors (Lipinski definition) is 1. The van der Waals surface area contributed by atoms with E-state index in [-0.39, 0.29) is 22.6 Å². The Kier molecular flexibility index (Phi) is 5.17. The summed E-state index contributed by atoms with van der Waals surface area (Å²) in [7, 11) is -10.2. The molecule has 0 saturated heterocycles. The number of rotatable bonds is 5. The number of alkyl halides is 3. The van der Waals surface area contributed by atoms with Crippen LogP contribution in [-0.4, -0.2) is 39.4 Å². The lowest BCUT2D eigenvalue weighted by atomic mass is 10.00. The van der Waals surface area contributed by atoms with Gasteiger partial charge in [0.25, 0.3) is 20.2 Å². The molecule has 7 nitrogen and oxygen atoms in total. The molecule has 2 aromatic carbocycles. The Balaban J connectivity index is 2.09. The molecule has 2 aromatic rings. The van der Waals surface area contributed by atoms with E-state index < -0.39 is 43.5 Å². The average molecular weight is 438 g/mol. The minimum absolute atomic E-state index is 0.0361. The maximum absolute atomic E-state index is 13.2. The number of benzene rings is 2. The summed E-state index contributed by atoms with van der Waals surface area (Å²) in [6.07, 6.45) is -8.62. The fraction of sp³-hybridized carbons (Fsp3) is 0.250. The molecule has 0 spiro atoms. The molecular formula is C16H13F3O7S2. The van der Waals surface area contributed by atoms with Crippen molar-refractivity contribution in [2.75, 3.05) is 5.75 Å². The van der Waals surface area contributed by atoms with Gasteiger partial charge in [-0.15, -0.1) is 0 Å². The molecule has 12 heteroatoms. The molecule has 3 rings (SSSR count). The molecule has 1 aliphatic rings. The van der Waals surface area contributed by atoms with Crippen LogP contribution in [0, 0.1) is 0 Å². The van der Waals surface area contributed by atoms with Crippen LogP contribution in [-0.2, 0) is 24.4 Å². The normalized spacial score (nSPS) is 16.0. The third-order valence-electron chi connectivity index (χ3n) is 3.89. The summed E-state index contributed by atoms with van der Waals surface area (Å²) < 4.78 is 105. The highest BCUT2D eigenvalue weighted by molar-refractivity contribution is 7.87. The molecule has 1 atom stereocenters. The van der Waals surface area contributed by atoms with Gasteiger partial charge < -0.3 is 4.74 Å². The van der Waals surface area contributed by atoms with Gasteiger partial charge in [0.05, 0.1) is 0 Å². The highest BCUT2D eigenvalue weighted by atomic mass is 32.2. The van der Waals surface area contributed by atoms with Gasteiger partial charge in [0.2, 0.25) is 0 Å². The van der Waals surface area contributed by atoms with Gasteiger partial charge in [-0.1, -0.05) is 36.4 Å². The monoisotopic (exact) mass is 438 g/mol. The highest BCUT2D eigenvalue weighted by Crippen LogP contribution is 2.47. The summed E-state index contributed by atoms with van der Waals surface area (Å²) in [6.45, 7) is 0. The molecule has 0 aliphatic carbocycles. The van der Waals surface area contributed by atoms with E-state index in [2.05, 4.69) is 4.18 Å². The Morgan fingerprint density at radius 1 is 0.964 bits per heavy atom. The zero-order valence-electron chi connectivity index (χ0n) is 13.8. The van der Waals surface area contributed by atoms with Crippen molar-refractivity contribution in [2.45, 2.75) is 17.5 Å². The maximum Gasteiger partial charge on any atom is 0.417 e. The zero-order chi connectivity index (χ0) is 20.7. The molecule has 1 unspecified atom stereocenters. The molecule has 28 heavy (non-hydrogen) atoms. The minimum atomic E-state index is -5.35. The van der Waals surface area contributed by atoms with Crippen molar-refractivity contribution in [1.82, 2.24) is 0 Å². The van der Waals surface area contributed by atoms with Crippen LogP contribution in [0.5, 0.6) is 11.5 Å². The summed E-state index contributed by atoms with van der Waals surface area (Å²) in [5.41, 5.74) is 0.0722. The van der Waals surface area contributed by atoms with Crippen LogP contribution in [0.25, 0.3) is 0 Å². The van der Waals surface area contributed by atoms with Crippen LogP contribution in [0.4, 0.5) is 13.2 Å². The molecule has 0 fully saturated rings. The van der Waals surface area contributed by atoms with Crippen molar-refractivity contribution in [3.8, 4) is 11.5 Å². The van der Waals surface area contributed by atoms with E-state index in [9.17, 15) is 30.0 Å².